The zero-order valence-electron chi connectivity index (χ0n) is 8.58. The van der Waals surface area contributed by atoms with Crippen molar-refractivity contribution in [2.75, 3.05) is 0 Å². The summed E-state index contributed by atoms with van der Waals surface area (Å²) in [7, 11) is 0. The van der Waals surface area contributed by atoms with Crippen LogP contribution < -0.4 is 0 Å². The van der Waals surface area contributed by atoms with Gasteiger partial charge in [0.2, 0.25) is 0 Å². The minimum atomic E-state index is -4.80. The van der Waals surface area contributed by atoms with Crippen LogP contribution in [0.4, 0.5) is 26.3 Å². The van der Waals surface area contributed by atoms with Crippen molar-refractivity contribution < 1.29 is 26.3 Å². The highest BCUT2D eigenvalue weighted by atomic mass is 19.4. The Morgan fingerprint density at radius 1 is 0.938 bits per heavy atom. The van der Waals surface area contributed by atoms with E-state index in [1.807, 2.05) is 0 Å². The smallest absolute Gasteiger partial charge is 0.166 e. The van der Waals surface area contributed by atoms with E-state index in [0.29, 0.717) is 13.0 Å². The van der Waals surface area contributed by atoms with E-state index in [1.165, 1.54) is 13.0 Å². The molecule has 0 radical (unpaired) electrons. The first-order valence-corrected chi connectivity index (χ1v) is 4.24. The summed E-state index contributed by atoms with van der Waals surface area (Å²) in [4.78, 5) is 0. The Kier molecular flexibility index (Phi) is 4.83. The topological polar surface area (TPSA) is 0 Å². The van der Waals surface area contributed by atoms with Crippen LogP contribution in [0.1, 0.15) is 13.8 Å². The van der Waals surface area contributed by atoms with Gasteiger partial charge in [-0.1, -0.05) is 18.2 Å². The van der Waals surface area contributed by atoms with E-state index in [-0.39, 0.29) is 6.08 Å². The van der Waals surface area contributed by atoms with Crippen LogP contribution in [0.15, 0.2) is 35.5 Å². The molecule has 0 unspecified atom stereocenters. The zero-order chi connectivity index (χ0) is 13.0. The summed E-state index contributed by atoms with van der Waals surface area (Å²) in [5, 5.41) is 0. The number of allylic oxidation sites excluding steroid dienone is 6. The fourth-order valence-electron chi connectivity index (χ4n) is 0.739. The number of hydrogen-bond acceptors (Lipinski definition) is 0. The van der Waals surface area contributed by atoms with Crippen molar-refractivity contribution in [2.45, 2.75) is 26.2 Å². The molecule has 0 aromatic carbocycles. The molecule has 0 saturated heterocycles. The molecular formula is C10H10F6. The third kappa shape index (κ3) is 5.04. The van der Waals surface area contributed by atoms with Gasteiger partial charge in [-0.05, 0) is 19.9 Å². The molecule has 0 saturated carbocycles. The SMILES string of the molecule is C\C=C/C=C(\C=C(/C)C(F)(F)F)C(F)(F)F. The lowest BCUT2D eigenvalue weighted by Crippen LogP contribution is -2.14. The van der Waals surface area contributed by atoms with Crippen molar-refractivity contribution in [1.82, 2.24) is 0 Å². The Balaban J connectivity index is 5.27. The quantitative estimate of drug-likeness (QED) is 0.493. The lowest BCUT2D eigenvalue weighted by atomic mass is 10.1. The largest absolute Gasteiger partial charge is 0.416 e. The van der Waals surface area contributed by atoms with Gasteiger partial charge in [0.05, 0.1) is 5.57 Å². The molecule has 0 rings (SSSR count). The molecule has 16 heavy (non-hydrogen) atoms. The van der Waals surface area contributed by atoms with E-state index in [4.69, 9.17) is 0 Å². The second kappa shape index (κ2) is 5.23. The number of alkyl halides is 6. The monoisotopic (exact) mass is 244 g/mol. The summed E-state index contributed by atoms with van der Waals surface area (Å²) in [5.74, 6) is 0. The molecule has 0 fully saturated rings. The van der Waals surface area contributed by atoms with Crippen LogP contribution >= 0.6 is 0 Å². The Labute approximate surface area is 88.9 Å². The second-order valence-electron chi connectivity index (χ2n) is 2.97. The molecule has 0 aromatic rings. The van der Waals surface area contributed by atoms with Gasteiger partial charge in [-0.15, -0.1) is 0 Å². The molecule has 0 aromatic heterocycles. The molecule has 0 N–H and O–H groups in total. The normalized spacial score (nSPS) is 16.0. The average Bonchev–Trinajstić information content (AvgIpc) is 2.08. The van der Waals surface area contributed by atoms with Gasteiger partial charge in [-0.25, -0.2) is 0 Å². The third-order valence-corrected chi connectivity index (χ3v) is 1.61. The number of hydrogen-bond donors (Lipinski definition) is 0. The predicted octanol–water partition coefficient (Wildman–Crippen LogP) is 4.56. The first kappa shape index (κ1) is 14.8. The Bertz CT molecular complexity index is 313. The fourth-order valence-corrected chi connectivity index (χ4v) is 0.739. The second-order valence-corrected chi connectivity index (χ2v) is 2.97. The van der Waals surface area contributed by atoms with Crippen molar-refractivity contribution in [3.05, 3.63) is 35.5 Å². The van der Waals surface area contributed by atoms with E-state index in [1.54, 1.807) is 0 Å². The van der Waals surface area contributed by atoms with E-state index >= 15 is 0 Å². The minimum Gasteiger partial charge on any atom is -0.166 e. The maximum atomic E-state index is 12.3. The summed E-state index contributed by atoms with van der Waals surface area (Å²) in [5.41, 5.74) is -2.62. The highest BCUT2D eigenvalue weighted by Crippen LogP contribution is 2.32. The third-order valence-electron chi connectivity index (χ3n) is 1.61. The fraction of sp³-hybridized carbons (Fsp3) is 0.400. The van der Waals surface area contributed by atoms with Crippen LogP contribution in [0.2, 0.25) is 0 Å². The molecule has 0 bridgehead atoms. The number of halogens is 6. The first-order valence-electron chi connectivity index (χ1n) is 4.24. The Hall–Kier alpha value is -1.20. The molecule has 0 spiro atoms. The maximum absolute atomic E-state index is 12.3. The molecule has 0 nitrogen and oxygen atoms in total. The van der Waals surface area contributed by atoms with Crippen molar-refractivity contribution in [3.63, 3.8) is 0 Å². The van der Waals surface area contributed by atoms with Crippen LogP contribution in [-0.2, 0) is 0 Å². The molecule has 0 heterocycles. The van der Waals surface area contributed by atoms with E-state index in [9.17, 15) is 26.3 Å². The van der Waals surface area contributed by atoms with Gasteiger partial charge < -0.3 is 0 Å². The predicted molar refractivity (Wildman–Crippen MR) is 48.8 cm³/mol. The molecule has 6 heteroatoms. The van der Waals surface area contributed by atoms with Crippen LogP contribution in [0, 0.1) is 0 Å². The highest BCUT2D eigenvalue weighted by Gasteiger charge is 2.36. The van der Waals surface area contributed by atoms with Crippen molar-refractivity contribution in [2.24, 2.45) is 0 Å². The van der Waals surface area contributed by atoms with E-state index < -0.39 is 23.5 Å². The molecular weight excluding hydrogens is 234 g/mol. The summed E-state index contributed by atoms with van der Waals surface area (Å²) in [6.45, 7) is 2.06. The van der Waals surface area contributed by atoms with Gasteiger partial charge >= 0.3 is 12.4 Å². The lowest BCUT2D eigenvalue weighted by Gasteiger charge is -2.10. The molecule has 0 aliphatic carbocycles. The summed E-state index contributed by atoms with van der Waals surface area (Å²) in [6, 6.07) is 0. The average molecular weight is 244 g/mol. The molecule has 92 valence electrons. The van der Waals surface area contributed by atoms with Gasteiger partial charge in [-0.3, -0.25) is 0 Å². The summed E-state index contributed by atoms with van der Waals surface area (Å²) < 4.78 is 73.0. The van der Waals surface area contributed by atoms with Crippen molar-refractivity contribution in [1.29, 1.82) is 0 Å². The summed E-state index contributed by atoms with van der Waals surface area (Å²) >= 11 is 0. The van der Waals surface area contributed by atoms with E-state index in [0.717, 1.165) is 6.08 Å². The molecule has 0 aliphatic heterocycles. The van der Waals surface area contributed by atoms with Gasteiger partial charge in [0.1, 0.15) is 0 Å². The van der Waals surface area contributed by atoms with Gasteiger partial charge in [0, 0.05) is 5.57 Å². The zero-order valence-corrected chi connectivity index (χ0v) is 8.58. The Morgan fingerprint density at radius 2 is 1.44 bits per heavy atom. The Morgan fingerprint density at radius 3 is 1.75 bits per heavy atom. The molecule has 0 amide bonds. The molecule has 0 atom stereocenters. The highest BCUT2D eigenvalue weighted by molar-refractivity contribution is 5.31. The van der Waals surface area contributed by atoms with Gasteiger partial charge in [0.25, 0.3) is 0 Å². The van der Waals surface area contributed by atoms with Crippen LogP contribution in [0.3, 0.4) is 0 Å². The van der Waals surface area contributed by atoms with Gasteiger partial charge in [-0.2, -0.15) is 26.3 Å². The maximum Gasteiger partial charge on any atom is 0.416 e. The van der Waals surface area contributed by atoms with Crippen LogP contribution in [-0.4, -0.2) is 12.4 Å². The van der Waals surface area contributed by atoms with Crippen molar-refractivity contribution >= 4 is 0 Å². The van der Waals surface area contributed by atoms with Crippen molar-refractivity contribution in [3.8, 4) is 0 Å². The van der Waals surface area contributed by atoms with Crippen LogP contribution in [0.25, 0.3) is 0 Å². The summed E-state index contributed by atoms with van der Waals surface area (Å²) in [6.07, 6.45) is -6.55. The van der Waals surface area contributed by atoms with E-state index in [2.05, 4.69) is 0 Å². The lowest BCUT2D eigenvalue weighted by molar-refractivity contribution is -0.0953. The number of rotatable bonds is 2. The minimum absolute atomic E-state index is 0.0833. The van der Waals surface area contributed by atoms with Gasteiger partial charge in [0.15, 0.2) is 0 Å². The van der Waals surface area contributed by atoms with Crippen LogP contribution in [0.5, 0.6) is 0 Å². The first-order chi connectivity index (χ1) is 7.09. The molecule has 0 aliphatic rings. The standard InChI is InChI=1S/C10H10F6/c1-3-4-5-8(10(14,15)16)6-7(2)9(11,12)13/h3-6H,1-2H3/b4-3-,7-6+,8-5+.